The molecule has 0 aliphatic carbocycles. The monoisotopic (exact) mass is 1030 g/mol. The van der Waals surface area contributed by atoms with Gasteiger partial charge in [-0.2, -0.15) is 4.57 Å². The van der Waals surface area contributed by atoms with Crippen LogP contribution in [-0.2, 0) is 19.1 Å². The molecule has 11 nitrogen and oxygen atoms in total. The molecule has 422 valence electrons. The molecule has 0 radical (unpaired) electrons. The lowest BCUT2D eigenvalue weighted by molar-refractivity contribution is -0.152. The maximum absolute atomic E-state index is 14.6. The number of benzene rings is 1. The molecule has 1 aliphatic rings. The van der Waals surface area contributed by atoms with Gasteiger partial charge in [0.1, 0.15) is 18.1 Å². The van der Waals surface area contributed by atoms with E-state index in [4.69, 9.17) is 18.9 Å². The molecule has 1 aliphatic heterocycles. The van der Waals surface area contributed by atoms with Crippen LogP contribution in [0.3, 0.4) is 0 Å². The highest BCUT2D eigenvalue weighted by atomic mass is 16.6. The summed E-state index contributed by atoms with van der Waals surface area (Å²) in [5.41, 5.74) is -1.32. The number of aromatic nitrogens is 2. The van der Waals surface area contributed by atoms with Crippen LogP contribution in [0.25, 0.3) is 0 Å². The number of aryl methyl sites for hydroxylation is 1. The zero-order valence-corrected chi connectivity index (χ0v) is 47.8. The Kier molecular flexibility index (Phi) is 36.1. The number of ether oxygens (including phenoxy) is 4. The van der Waals surface area contributed by atoms with Crippen molar-refractivity contribution in [2.24, 2.45) is 0 Å². The Hall–Kier alpha value is -3.73. The molecular weight excluding hydrogens is 929 g/mol. The SMILES string of the molecule is CCCCCCCCCCCCCCCCCCCCOc1cccc(C(=O)n2c(=O)c(C)cn([C@H]3C[C@@H](OC(=O)CCC(C)=O)[C@@H](CC)O3)c2=O)c1OCCCCCCCCCCCCCCCCCCCC. The normalized spacial score (nSPS) is 15.4. The van der Waals surface area contributed by atoms with Crippen LogP contribution >= 0.6 is 0 Å². The van der Waals surface area contributed by atoms with Crippen molar-refractivity contribution in [1.82, 2.24) is 9.13 Å². The minimum Gasteiger partial charge on any atom is -0.490 e. The summed E-state index contributed by atoms with van der Waals surface area (Å²) >= 11 is 0. The largest absolute Gasteiger partial charge is 0.490 e. The second-order valence-corrected chi connectivity index (χ2v) is 21.8. The van der Waals surface area contributed by atoms with Crippen molar-refractivity contribution in [3.8, 4) is 11.5 Å². The predicted molar refractivity (Wildman–Crippen MR) is 303 cm³/mol. The summed E-state index contributed by atoms with van der Waals surface area (Å²) in [4.78, 5) is 66.6. The second-order valence-electron chi connectivity index (χ2n) is 21.8. The Morgan fingerprint density at radius 3 is 1.41 bits per heavy atom. The third-order valence-corrected chi connectivity index (χ3v) is 15.1. The maximum atomic E-state index is 14.6. The molecule has 0 spiro atoms. The van der Waals surface area contributed by atoms with Crippen LogP contribution in [-0.4, -0.2) is 52.2 Å². The van der Waals surface area contributed by atoms with Gasteiger partial charge in [0, 0.05) is 24.6 Å². The number of carbonyl (C=O) groups is 3. The minimum atomic E-state index is -0.888. The molecule has 2 heterocycles. The van der Waals surface area contributed by atoms with Gasteiger partial charge in [-0.1, -0.05) is 245 Å². The van der Waals surface area contributed by atoms with E-state index in [0.717, 1.165) is 38.5 Å². The number of unbranched alkanes of at least 4 members (excludes halogenated alkanes) is 34. The van der Waals surface area contributed by atoms with Crippen LogP contribution in [0.5, 0.6) is 11.5 Å². The summed E-state index contributed by atoms with van der Waals surface area (Å²) in [5.74, 6) is -0.768. The first kappa shape index (κ1) is 64.6. The molecule has 0 amide bonds. The average Bonchev–Trinajstić information content (AvgIpc) is 3.80. The van der Waals surface area contributed by atoms with Gasteiger partial charge in [-0.15, -0.1) is 0 Å². The highest BCUT2D eigenvalue weighted by molar-refractivity contribution is 5.99. The molecule has 0 unspecified atom stereocenters. The van der Waals surface area contributed by atoms with E-state index in [0.29, 0.717) is 30.0 Å². The molecule has 0 saturated carbocycles. The third-order valence-electron chi connectivity index (χ3n) is 15.1. The summed E-state index contributed by atoms with van der Waals surface area (Å²) in [6, 6.07) is 5.09. The van der Waals surface area contributed by atoms with Crippen LogP contribution in [0.2, 0.25) is 0 Å². The van der Waals surface area contributed by atoms with Gasteiger partial charge in [0.15, 0.2) is 11.5 Å². The van der Waals surface area contributed by atoms with Gasteiger partial charge < -0.3 is 23.7 Å². The quantitative estimate of drug-likeness (QED) is 0.0469. The molecule has 3 atom stereocenters. The lowest BCUT2D eigenvalue weighted by Crippen LogP contribution is -2.45. The van der Waals surface area contributed by atoms with Gasteiger partial charge >= 0.3 is 11.7 Å². The summed E-state index contributed by atoms with van der Waals surface area (Å²) in [7, 11) is 0. The van der Waals surface area contributed by atoms with E-state index >= 15 is 0 Å². The van der Waals surface area contributed by atoms with Crippen molar-refractivity contribution in [2.75, 3.05) is 13.2 Å². The summed E-state index contributed by atoms with van der Waals surface area (Å²) in [6.07, 6.45) is 46.5. The Balaban J connectivity index is 1.55. The number of esters is 1. The Morgan fingerprint density at radius 1 is 0.568 bits per heavy atom. The molecule has 0 bridgehead atoms. The zero-order chi connectivity index (χ0) is 53.4. The topological polar surface area (TPSA) is 132 Å². The van der Waals surface area contributed by atoms with Gasteiger partial charge in [0.05, 0.1) is 31.3 Å². The molecule has 2 aromatic rings. The summed E-state index contributed by atoms with van der Waals surface area (Å²) < 4.78 is 26.6. The van der Waals surface area contributed by atoms with Crippen LogP contribution in [0.4, 0.5) is 0 Å². The fourth-order valence-corrected chi connectivity index (χ4v) is 10.4. The molecule has 1 aromatic carbocycles. The third kappa shape index (κ3) is 26.8. The Labute approximate surface area is 449 Å². The number of nitrogens with zero attached hydrogens (tertiary/aromatic N) is 2. The lowest BCUT2D eigenvalue weighted by atomic mass is 10.0. The van der Waals surface area contributed by atoms with Crippen LogP contribution < -0.4 is 20.7 Å². The van der Waals surface area contributed by atoms with Crippen LogP contribution in [0.15, 0.2) is 34.0 Å². The van der Waals surface area contributed by atoms with Gasteiger partial charge in [-0.25, -0.2) is 4.79 Å². The van der Waals surface area contributed by atoms with Gasteiger partial charge in [0.25, 0.3) is 11.5 Å². The van der Waals surface area contributed by atoms with E-state index in [1.165, 1.54) is 210 Å². The molecule has 0 N–H and O–H groups in total. The number of hydrogen-bond acceptors (Lipinski definition) is 9. The Bertz CT molecular complexity index is 1920. The lowest BCUT2D eigenvalue weighted by Gasteiger charge is -2.19. The predicted octanol–water partition coefficient (Wildman–Crippen LogP) is 16.8. The molecule has 11 heteroatoms. The van der Waals surface area contributed by atoms with E-state index in [1.807, 2.05) is 6.92 Å². The number of carbonyl (C=O) groups excluding carboxylic acids is 3. The molecule has 74 heavy (non-hydrogen) atoms. The number of Topliss-reactive ketones (excluding diaryl/α,β-unsaturated/α-hetero) is 1. The summed E-state index contributed by atoms with van der Waals surface area (Å²) in [6.45, 7) is 10.3. The van der Waals surface area contributed by atoms with Crippen LogP contribution in [0.1, 0.15) is 307 Å². The molecule has 1 aromatic heterocycles. The number of ketones is 1. The standard InChI is InChI=1S/C63H106N2O9/c1-6-9-11-13-15-17-19-21-23-25-27-29-31-33-35-37-39-41-48-71-56-45-43-44-54(60(56)72-49-42-40-38-36-34-32-30-28-26-24-22-20-18-16-14-12-10-7-2)62(69)65-61(68)52(4)51-64(63(65)70)58-50-57(55(8-3)73-58)74-59(67)47-46-53(5)66/h43-45,51,55,57-58H,6-42,46-50H2,1-5H3/t55-,57-,58-/m1/s1. The number of hydrogen-bond donors (Lipinski definition) is 0. The van der Waals surface area contributed by atoms with E-state index in [-0.39, 0.29) is 41.9 Å². The first-order valence-corrected chi connectivity index (χ1v) is 30.7. The van der Waals surface area contributed by atoms with Gasteiger partial charge in [0.2, 0.25) is 0 Å². The van der Waals surface area contributed by atoms with Crippen molar-refractivity contribution >= 4 is 17.7 Å². The second kappa shape index (κ2) is 41.4. The van der Waals surface area contributed by atoms with E-state index < -0.39 is 41.6 Å². The van der Waals surface area contributed by atoms with Crippen molar-refractivity contribution < 1.29 is 33.3 Å². The highest BCUT2D eigenvalue weighted by Gasteiger charge is 2.39. The molecule has 1 fully saturated rings. The van der Waals surface area contributed by atoms with Crippen molar-refractivity contribution in [2.45, 2.75) is 310 Å². The first-order valence-electron chi connectivity index (χ1n) is 30.7. The highest BCUT2D eigenvalue weighted by Crippen LogP contribution is 2.34. The molecule has 1 saturated heterocycles. The zero-order valence-electron chi connectivity index (χ0n) is 47.8. The Morgan fingerprint density at radius 2 is 0.986 bits per heavy atom. The minimum absolute atomic E-state index is 0.0440. The number of rotatable bonds is 47. The fourth-order valence-electron chi connectivity index (χ4n) is 10.4. The first-order chi connectivity index (χ1) is 36.1. The molecule has 3 rings (SSSR count). The van der Waals surface area contributed by atoms with Crippen LogP contribution in [0, 0.1) is 6.92 Å². The number of para-hydroxylation sites is 1. The van der Waals surface area contributed by atoms with E-state index in [9.17, 15) is 24.0 Å². The van der Waals surface area contributed by atoms with Gasteiger partial charge in [-0.3, -0.25) is 19.0 Å². The smallest absolute Gasteiger partial charge is 0.340 e. The van der Waals surface area contributed by atoms with E-state index in [2.05, 4.69) is 13.8 Å². The fraction of sp³-hybridized carbons (Fsp3) is 0.794. The van der Waals surface area contributed by atoms with Crippen molar-refractivity contribution in [1.29, 1.82) is 0 Å². The van der Waals surface area contributed by atoms with Gasteiger partial charge in [-0.05, 0) is 45.2 Å². The van der Waals surface area contributed by atoms with Crippen molar-refractivity contribution in [3.63, 3.8) is 0 Å². The molecular formula is C63H106N2O9. The van der Waals surface area contributed by atoms with Crippen molar-refractivity contribution in [3.05, 3.63) is 56.4 Å². The maximum Gasteiger partial charge on any atom is 0.340 e. The average molecular weight is 1040 g/mol. The van der Waals surface area contributed by atoms with E-state index in [1.54, 1.807) is 25.1 Å². The summed E-state index contributed by atoms with van der Waals surface area (Å²) in [5, 5.41) is 0.